The largest absolute Gasteiger partial charge is 0.490 e. The van der Waals surface area contributed by atoms with E-state index in [4.69, 9.17) is 0 Å². The number of hydrogen-bond donors (Lipinski definition) is 0. The zero-order valence-corrected chi connectivity index (χ0v) is 10.3. The van der Waals surface area contributed by atoms with E-state index in [2.05, 4.69) is 4.74 Å². The number of carbonyl (C=O) groups excluding carboxylic acids is 1. The summed E-state index contributed by atoms with van der Waals surface area (Å²) in [5.74, 6) is -33.3. The lowest BCUT2D eigenvalue weighted by atomic mass is 9.98. The molecule has 0 aliphatic heterocycles. The first-order chi connectivity index (χ1) is 10.1. The van der Waals surface area contributed by atoms with Crippen molar-refractivity contribution >= 4 is 5.97 Å². The van der Waals surface area contributed by atoms with Gasteiger partial charge in [-0.3, -0.25) is 0 Å². The highest BCUT2D eigenvalue weighted by atomic mass is 19.4. The summed E-state index contributed by atoms with van der Waals surface area (Å²) in [5.41, 5.74) is 0. The van der Waals surface area contributed by atoms with Gasteiger partial charge in [0.2, 0.25) is 0 Å². The molecule has 144 valence electrons. The Bertz CT molecular complexity index is 472. The summed E-state index contributed by atoms with van der Waals surface area (Å²) < 4.78 is 173. The number of ether oxygens (including phenoxy) is 1. The fourth-order valence-electron chi connectivity index (χ4n) is 0.934. The van der Waals surface area contributed by atoms with Crippen molar-refractivity contribution in [1.82, 2.24) is 0 Å². The molecule has 0 aromatic carbocycles. The topological polar surface area (TPSA) is 26.3 Å². The van der Waals surface area contributed by atoms with E-state index in [1.165, 1.54) is 0 Å². The molecule has 0 aromatic rings. The van der Waals surface area contributed by atoms with Gasteiger partial charge in [0, 0.05) is 0 Å². The van der Waals surface area contributed by atoms with Gasteiger partial charge in [-0.25, -0.2) is 4.79 Å². The Morgan fingerprint density at radius 3 is 1.29 bits per heavy atom. The molecule has 0 amide bonds. The highest BCUT2D eigenvalue weighted by Gasteiger charge is 2.87. The third kappa shape index (κ3) is 3.60. The van der Waals surface area contributed by atoms with E-state index in [1.807, 2.05) is 0 Å². The molecule has 16 heteroatoms. The number of halogens is 14. The lowest BCUT2D eigenvalue weighted by molar-refractivity contribution is -0.424. The Hall–Kier alpha value is -1.51. The molecule has 0 aliphatic carbocycles. The Morgan fingerprint density at radius 1 is 0.625 bits per heavy atom. The van der Waals surface area contributed by atoms with Gasteiger partial charge in [0.25, 0.3) is 0 Å². The third-order valence-corrected chi connectivity index (χ3v) is 2.22. The van der Waals surface area contributed by atoms with E-state index >= 15 is 0 Å². The number of rotatable bonds is 5. The number of esters is 1. The number of hydrogen-bond acceptors (Lipinski definition) is 2. The molecule has 0 aliphatic rings. The first-order valence-corrected chi connectivity index (χ1v) is 4.95. The van der Waals surface area contributed by atoms with Crippen molar-refractivity contribution < 1.29 is 71.0 Å². The Kier molecular flexibility index (Phi) is 5.42. The van der Waals surface area contributed by atoms with Crippen LogP contribution in [0.2, 0.25) is 0 Å². The smallest absolute Gasteiger partial charge is 0.452 e. The van der Waals surface area contributed by atoms with Gasteiger partial charge in [0.05, 0.1) is 0 Å². The van der Waals surface area contributed by atoms with Gasteiger partial charge in [-0.05, 0) is 0 Å². The van der Waals surface area contributed by atoms with Crippen LogP contribution in [0, 0.1) is 0 Å². The first-order valence-electron chi connectivity index (χ1n) is 4.95. The molecule has 0 saturated heterocycles. The van der Waals surface area contributed by atoms with Crippen LogP contribution in [0.15, 0.2) is 0 Å². The van der Waals surface area contributed by atoms with Crippen molar-refractivity contribution in [3.8, 4) is 0 Å². The fourth-order valence-corrected chi connectivity index (χ4v) is 0.934. The number of alkyl halides is 14. The predicted octanol–water partition coefficient (Wildman–Crippen LogP) is 4.20. The molecule has 0 fully saturated rings. The van der Waals surface area contributed by atoms with Gasteiger partial charge in [-0.1, -0.05) is 0 Å². The van der Waals surface area contributed by atoms with Crippen LogP contribution in [-0.2, 0) is 9.53 Å². The SMILES string of the molecule is O=C(OCC(F)(F)C(F)(F)C(F)(F)C(F)(F)C(F)(F)F)C(F)(F)F. The maximum Gasteiger partial charge on any atom is 0.490 e. The van der Waals surface area contributed by atoms with E-state index in [0.29, 0.717) is 0 Å². The van der Waals surface area contributed by atoms with Crippen LogP contribution >= 0.6 is 0 Å². The molecule has 0 bridgehead atoms. The summed E-state index contributed by atoms with van der Waals surface area (Å²) in [6.07, 6.45) is -13.5. The van der Waals surface area contributed by atoms with Crippen molar-refractivity contribution in [3.05, 3.63) is 0 Å². The Labute approximate surface area is 121 Å². The lowest BCUT2D eigenvalue weighted by Gasteiger charge is -2.36. The van der Waals surface area contributed by atoms with Gasteiger partial charge in [0.15, 0.2) is 6.61 Å². The van der Waals surface area contributed by atoms with E-state index in [1.54, 1.807) is 0 Å². The molecule has 0 atom stereocenters. The highest BCUT2D eigenvalue weighted by Crippen LogP contribution is 2.57. The normalized spacial score (nSPS) is 15.4. The van der Waals surface area contributed by atoms with Crippen molar-refractivity contribution in [2.45, 2.75) is 36.0 Å². The lowest BCUT2D eigenvalue weighted by Crippen LogP contribution is -2.67. The second-order valence-electron chi connectivity index (χ2n) is 4.00. The second kappa shape index (κ2) is 5.79. The van der Waals surface area contributed by atoms with Crippen LogP contribution in [0.3, 0.4) is 0 Å². The van der Waals surface area contributed by atoms with Gasteiger partial charge in [0.1, 0.15) is 0 Å². The molecule has 0 heterocycles. The molecule has 0 aromatic heterocycles. The van der Waals surface area contributed by atoms with Crippen molar-refractivity contribution in [3.63, 3.8) is 0 Å². The molecule has 2 nitrogen and oxygen atoms in total. The molecule has 24 heavy (non-hydrogen) atoms. The maximum atomic E-state index is 12.8. The van der Waals surface area contributed by atoms with Crippen molar-refractivity contribution in [1.29, 1.82) is 0 Å². The minimum atomic E-state index is -7.79. The van der Waals surface area contributed by atoms with E-state index in [9.17, 15) is 66.3 Å². The van der Waals surface area contributed by atoms with Crippen LogP contribution in [0.1, 0.15) is 0 Å². The summed E-state index contributed by atoms with van der Waals surface area (Å²) in [6, 6.07) is 0. The second-order valence-corrected chi connectivity index (χ2v) is 4.00. The molecular formula is C8H2F14O2. The predicted molar refractivity (Wildman–Crippen MR) is 42.9 cm³/mol. The molecule has 0 saturated carbocycles. The highest BCUT2D eigenvalue weighted by molar-refractivity contribution is 5.75. The monoisotopic (exact) mass is 396 g/mol. The average Bonchev–Trinajstić information content (AvgIpc) is 2.32. The summed E-state index contributed by atoms with van der Waals surface area (Å²) in [6.45, 7) is -3.54. The molecular weight excluding hydrogens is 394 g/mol. The third-order valence-electron chi connectivity index (χ3n) is 2.22. The summed E-state index contributed by atoms with van der Waals surface area (Å²) in [5, 5.41) is 0. The number of carbonyl (C=O) groups is 1. The van der Waals surface area contributed by atoms with E-state index in [-0.39, 0.29) is 0 Å². The zero-order valence-electron chi connectivity index (χ0n) is 10.3. The van der Waals surface area contributed by atoms with Gasteiger partial charge in [-0.15, -0.1) is 0 Å². The summed E-state index contributed by atoms with van der Waals surface area (Å²) in [7, 11) is 0. The van der Waals surface area contributed by atoms with Crippen LogP contribution in [0.5, 0.6) is 0 Å². The zero-order chi connectivity index (χ0) is 20.0. The van der Waals surface area contributed by atoms with E-state index in [0.717, 1.165) is 0 Å². The molecule has 0 spiro atoms. The maximum absolute atomic E-state index is 12.8. The van der Waals surface area contributed by atoms with Crippen molar-refractivity contribution in [2.75, 3.05) is 6.61 Å². The van der Waals surface area contributed by atoms with Crippen LogP contribution < -0.4 is 0 Å². The Morgan fingerprint density at radius 2 is 1.00 bits per heavy atom. The van der Waals surface area contributed by atoms with E-state index < -0.39 is 48.6 Å². The standard InChI is InChI=1S/C8H2F14O2/c9-3(10,1-24-2(23)4(11,12)13)5(14,15)6(16,17)7(18,19)8(20,21)22/h1H2. The first kappa shape index (κ1) is 22.5. The van der Waals surface area contributed by atoms with Crippen molar-refractivity contribution in [2.24, 2.45) is 0 Å². The Balaban J connectivity index is 5.66. The quantitative estimate of drug-likeness (QED) is 0.515. The average molecular weight is 396 g/mol. The van der Waals surface area contributed by atoms with Gasteiger partial charge < -0.3 is 4.74 Å². The molecule has 0 radical (unpaired) electrons. The summed E-state index contributed by atoms with van der Waals surface area (Å²) >= 11 is 0. The molecule has 0 unspecified atom stereocenters. The summed E-state index contributed by atoms with van der Waals surface area (Å²) in [4.78, 5) is 10.0. The van der Waals surface area contributed by atoms with Gasteiger partial charge in [-0.2, -0.15) is 61.5 Å². The van der Waals surface area contributed by atoms with Crippen LogP contribution in [0.4, 0.5) is 61.5 Å². The fraction of sp³-hybridized carbons (Fsp3) is 0.875. The molecule has 0 N–H and O–H groups in total. The van der Waals surface area contributed by atoms with Gasteiger partial charge >= 0.3 is 42.0 Å². The minimum absolute atomic E-state index is 2.50. The molecule has 0 rings (SSSR count). The van der Waals surface area contributed by atoms with Crippen LogP contribution in [0.25, 0.3) is 0 Å². The van der Waals surface area contributed by atoms with Crippen LogP contribution in [-0.4, -0.2) is 48.6 Å². The minimum Gasteiger partial charge on any atom is -0.452 e.